The van der Waals surface area contributed by atoms with Gasteiger partial charge in [-0.1, -0.05) is 45.4 Å². The predicted molar refractivity (Wildman–Crippen MR) is 72.1 cm³/mol. The minimum atomic E-state index is -0.308. The number of hydrogen-bond acceptors (Lipinski definition) is 1. The summed E-state index contributed by atoms with van der Waals surface area (Å²) in [6.07, 6.45) is 0. The molecule has 1 aromatic carbocycles. The Morgan fingerprint density at radius 2 is 2.00 bits per heavy atom. The van der Waals surface area contributed by atoms with E-state index in [0.29, 0.717) is 23.0 Å². The van der Waals surface area contributed by atoms with Crippen molar-refractivity contribution >= 4 is 11.6 Å². The number of hydrogen-bond donors (Lipinski definition) is 1. The lowest BCUT2D eigenvalue weighted by Gasteiger charge is -2.27. The van der Waals surface area contributed by atoms with Crippen molar-refractivity contribution in [2.45, 2.75) is 33.1 Å². The predicted octanol–water partition coefficient (Wildman–Crippen LogP) is 4.00. The van der Waals surface area contributed by atoms with Crippen molar-refractivity contribution in [2.75, 3.05) is 13.1 Å². The zero-order chi connectivity index (χ0) is 13.1. The summed E-state index contributed by atoms with van der Waals surface area (Å²) in [6.45, 7) is 9.95. The molecule has 0 radical (unpaired) electrons. The SMILES string of the molecule is CC(C)CNCC(C)(C)c1c(F)cccc1Cl. The van der Waals surface area contributed by atoms with Gasteiger partial charge < -0.3 is 5.32 Å². The largest absolute Gasteiger partial charge is 0.316 e. The van der Waals surface area contributed by atoms with Crippen molar-refractivity contribution in [3.63, 3.8) is 0 Å². The van der Waals surface area contributed by atoms with Gasteiger partial charge >= 0.3 is 0 Å². The monoisotopic (exact) mass is 257 g/mol. The summed E-state index contributed by atoms with van der Waals surface area (Å²) in [6, 6.07) is 4.84. The second-order valence-electron chi connectivity index (χ2n) is 5.51. The zero-order valence-electron chi connectivity index (χ0n) is 11.0. The molecular weight excluding hydrogens is 237 g/mol. The Morgan fingerprint density at radius 1 is 1.35 bits per heavy atom. The van der Waals surface area contributed by atoms with Gasteiger partial charge in [-0.15, -0.1) is 0 Å². The third-order valence-electron chi connectivity index (χ3n) is 2.76. The first kappa shape index (κ1) is 14.5. The van der Waals surface area contributed by atoms with E-state index in [4.69, 9.17) is 11.6 Å². The Kier molecular flexibility index (Phi) is 4.96. The fourth-order valence-electron chi connectivity index (χ4n) is 1.91. The van der Waals surface area contributed by atoms with Gasteiger partial charge in [0.05, 0.1) is 0 Å². The molecule has 0 fully saturated rings. The van der Waals surface area contributed by atoms with Crippen LogP contribution in [0.4, 0.5) is 4.39 Å². The summed E-state index contributed by atoms with van der Waals surface area (Å²) in [5, 5.41) is 3.85. The van der Waals surface area contributed by atoms with Crippen LogP contribution in [-0.4, -0.2) is 13.1 Å². The number of nitrogens with one attached hydrogen (secondary N) is 1. The van der Waals surface area contributed by atoms with Gasteiger partial charge in [-0.2, -0.15) is 0 Å². The van der Waals surface area contributed by atoms with Crippen molar-refractivity contribution < 1.29 is 4.39 Å². The van der Waals surface area contributed by atoms with Crippen LogP contribution in [0.1, 0.15) is 33.3 Å². The molecule has 1 rings (SSSR count). The third kappa shape index (κ3) is 3.97. The van der Waals surface area contributed by atoms with Crippen molar-refractivity contribution in [2.24, 2.45) is 5.92 Å². The quantitative estimate of drug-likeness (QED) is 0.841. The average Bonchev–Trinajstić information content (AvgIpc) is 2.15. The smallest absolute Gasteiger partial charge is 0.128 e. The summed E-state index contributed by atoms with van der Waals surface area (Å²) >= 11 is 6.09. The summed E-state index contributed by atoms with van der Waals surface area (Å²) in [4.78, 5) is 0. The van der Waals surface area contributed by atoms with Crippen molar-refractivity contribution in [1.82, 2.24) is 5.32 Å². The fraction of sp³-hybridized carbons (Fsp3) is 0.571. The Bertz CT molecular complexity index is 354. The Labute approximate surface area is 108 Å². The number of halogens is 2. The first-order valence-corrected chi connectivity index (χ1v) is 6.37. The highest BCUT2D eigenvalue weighted by molar-refractivity contribution is 6.31. The highest BCUT2D eigenvalue weighted by atomic mass is 35.5. The molecule has 1 nitrogen and oxygen atoms in total. The number of rotatable bonds is 5. The normalized spacial score (nSPS) is 12.2. The van der Waals surface area contributed by atoms with Crippen LogP contribution in [0.5, 0.6) is 0 Å². The molecule has 1 N–H and O–H groups in total. The first-order chi connectivity index (χ1) is 7.84. The minimum absolute atomic E-state index is 0.228. The fourth-order valence-corrected chi connectivity index (χ4v) is 2.32. The maximum atomic E-state index is 13.8. The molecule has 0 bridgehead atoms. The molecule has 0 amide bonds. The molecule has 0 aliphatic heterocycles. The van der Waals surface area contributed by atoms with E-state index >= 15 is 0 Å². The summed E-state index contributed by atoms with van der Waals surface area (Å²) < 4.78 is 13.8. The molecule has 17 heavy (non-hydrogen) atoms. The molecule has 0 atom stereocenters. The van der Waals surface area contributed by atoms with E-state index in [0.717, 1.165) is 6.54 Å². The molecule has 0 aromatic heterocycles. The van der Waals surface area contributed by atoms with Crippen LogP contribution in [0.2, 0.25) is 5.02 Å². The Balaban J connectivity index is 2.82. The van der Waals surface area contributed by atoms with Gasteiger partial charge in [0.1, 0.15) is 5.82 Å². The molecular formula is C14H21ClFN. The molecule has 0 aliphatic rings. The van der Waals surface area contributed by atoms with Crippen LogP contribution in [-0.2, 0) is 5.41 Å². The molecule has 0 unspecified atom stereocenters. The molecule has 3 heteroatoms. The van der Waals surface area contributed by atoms with E-state index in [1.807, 2.05) is 13.8 Å². The molecule has 0 spiro atoms. The van der Waals surface area contributed by atoms with Gasteiger partial charge in [0, 0.05) is 22.5 Å². The van der Waals surface area contributed by atoms with Crippen LogP contribution >= 0.6 is 11.6 Å². The summed E-state index contributed by atoms with van der Waals surface area (Å²) in [5.41, 5.74) is 0.287. The van der Waals surface area contributed by atoms with Crippen molar-refractivity contribution in [1.29, 1.82) is 0 Å². The van der Waals surface area contributed by atoms with E-state index in [1.54, 1.807) is 12.1 Å². The van der Waals surface area contributed by atoms with E-state index in [1.165, 1.54) is 6.07 Å². The van der Waals surface area contributed by atoms with Crippen LogP contribution in [0.3, 0.4) is 0 Å². The third-order valence-corrected chi connectivity index (χ3v) is 3.07. The van der Waals surface area contributed by atoms with Crippen LogP contribution in [0.15, 0.2) is 18.2 Å². The maximum Gasteiger partial charge on any atom is 0.128 e. The van der Waals surface area contributed by atoms with Crippen molar-refractivity contribution in [3.05, 3.63) is 34.6 Å². The topological polar surface area (TPSA) is 12.0 Å². The molecule has 96 valence electrons. The molecule has 1 aromatic rings. The molecule has 0 saturated carbocycles. The van der Waals surface area contributed by atoms with Crippen molar-refractivity contribution in [3.8, 4) is 0 Å². The van der Waals surface area contributed by atoms with E-state index < -0.39 is 0 Å². The maximum absolute atomic E-state index is 13.8. The number of benzene rings is 1. The van der Waals surface area contributed by atoms with Gasteiger partial charge in [0.2, 0.25) is 0 Å². The Morgan fingerprint density at radius 3 is 2.53 bits per heavy atom. The highest BCUT2D eigenvalue weighted by Crippen LogP contribution is 2.31. The van der Waals surface area contributed by atoms with Crippen LogP contribution < -0.4 is 5.32 Å². The van der Waals surface area contributed by atoms with Gasteiger partial charge in [-0.3, -0.25) is 0 Å². The molecule has 0 saturated heterocycles. The summed E-state index contributed by atoms with van der Waals surface area (Å²) in [7, 11) is 0. The highest BCUT2D eigenvalue weighted by Gasteiger charge is 2.26. The Hall–Kier alpha value is -0.600. The standard InChI is InChI=1S/C14H21ClFN/c1-10(2)8-17-9-14(3,4)13-11(15)6-5-7-12(13)16/h5-7,10,17H,8-9H2,1-4H3. The lowest BCUT2D eigenvalue weighted by molar-refractivity contribution is 0.426. The van der Waals surface area contributed by atoms with Crippen LogP contribution in [0.25, 0.3) is 0 Å². The first-order valence-electron chi connectivity index (χ1n) is 6.00. The second-order valence-corrected chi connectivity index (χ2v) is 5.91. The van der Waals surface area contributed by atoms with Gasteiger partial charge in [0.25, 0.3) is 0 Å². The van der Waals surface area contributed by atoms with E-state index in [-0.39, 0.29) is 11.2 Å². The summed E-state index contributed by atoms with van der Waals surface area (Å²) in [5.74, 6) is 0.357. The van der Waals surface area contributed by atoms with Gasteiger partial charge in [-0.25, -0.2) is 4.39 Å². The minimum Gasteiger partial charge on any atom is -0.316 e. The lowest BCUT2D eigenvalue weighted by Crippen LogP contribution is -2.35. The van der Waals surface area contributed by atoms with Gasteiger partial charge in [0.15, 0.2) is 0 Å². The van der Waals surface area contributed by atoms with Gasteiger partial charge in [-0.05, 0) is 24.6 Å². The zero-order valence-corrected chi connectivity index (χ0v) is 11.7. The molecule has 0 aliphatic carbocycles. The average molecular weight is 258 g/mol. The second kappa shape index (κ2) is 5.83. The van der Waals surface area contributed by atoms with E-state index in [2.05, 4.69) is 19.2 Å². The molecule has 0 heterocycles. The van der Waals surface area contributed by atoms with Crippen LogP contribution in [0, 0.1) is 11.7 Å². The lowest BCUT2D eigenvalue weighted by atomic mass is 9.84. The van der Waals surface area contributed by atoms with E-state index in [9.17, 15) is 4.39 Å².